The van der Waals surface area contributed by atoms with Crippen molar-refractivity contribution >= 4 is 28.5 Å². The molecule has 3 amide bonds. The molecule has 6 nitrogen and oxygen atoms in total. The molecule has 0 aliphatic carbocycles. The van der Waals surface area contributed by atoms with Gasteiger partial charge in [0.25, 0.3) is 0 Å². The van der Waals surface area contributed by atoms with Gasteiger partial charge < -0.3 is 20.5 Å². The maximum absolute atomic E-state index is 13.0. The molecule has 1 aromatic heterocycles. The van der Waals surface area contributed by atoms with Crippen molar-refractivity contribution in [2.75, 3.05) is 18.4 Å². The molecule has 1 saturated heterocycles. The van der Waals surface area contributed by atoms with Crippen LogP contribution in [0.1, 0.15) is 18.4 Å². The van der Waals surface area contributed by atoms with Crippen molar-refractivity contribution in [3.8, 4) is 0 Å². The number of rotatable bonds is 5. The highest BCUT2D eigenvalue weighted by molar-refractivity contribution is 5.98. The van der Waals surface area contributed by atoms with Crippen molar-refractivity contribution in [1.82, 2.24) is 15.2 Å². The fraction of sp³-hybridized carbons (Fsp3) is 0.273. The number of urea groups is 1. The quantitative estimate of drug-likeness (QED) is 0.637. The lowest BCUT2D eigenvalue weighted by atomic mass is 10.1. The molecule has 0 spiro atoms. The SMILES string of the molecule is O=C(Nc1ccc2[nH]ccc2c1)C(Cc1ccccc1)NC(=O)N1CCCC1. The molecule has 1 aliphatic heterocycles. The number of aromatic nitrogens is 1. The lowest BCUT2D eigenvalue weighted by molar-refractivity contribution is -0.118. The van der Waals surface area contributed by atoms with E-state index in [4.69, 9.17) is 0 Å². The molecule has 144 valence electrons. The number of aromatic amines is 1. The van der Waals surface area contributed by atoms with Gasteiger partial charge in [0.15, 0.2) is 0 Å². The third-order valence-corrected chi connectivity index (χ3v) is 5.11. The Bertz CT molecular complexity index is 961. The van der Waals surface area contributed by atoms with Gasteiger partial charge in [-0.25, -0.2) is 4.79 Å². The Morgan fingerprint density at radius 2 is 1.82 bits per heavy atom. The largest absolute Gasteiger partial charge is 0.361 e. The highest BCUT2D eigenvalue weighted by atomic mass is 16.2. The third kappa shape index (κ3) is 4.17. The topological polar surface area (TPSA) is 77.2 Å². The molecule has 3 aromatic rings. The molecule has 1 atom stereocenters. The van der Waals surface area contributed by atoms with Crippen molar-refractivity contribution in [3.05, 3.63) is 66.4 Å². The number of H-pyrrole nitrogens is 1. The molecule has 0 radical (unpaired) electrons. The Hall–Kier alpha value is -3.28. The molecular formula is C22H24N4O2. The van der Waals surface area contributed by atoms with E-state index in [1.165, 1.54) is 0 Å². The number of hydrogen-bond acceptors (Lipinski definition) is 2. The zero-order valence-corrected chi connectivity index (χ0v) is 15.7. The smallest absolute Gasteiger partial charge is 0.318 e. The fourth-order valence-electron chi connectivity index (χ4n) is 3.58. The molecule has 1 aliphatic rings. The monoisotopic (exact) mass is 376 g/mol. The number of likely N-dealkylation sites (tertiary alicyclic amines) is 1. The van der Waals surface area contributed by atoms with Crippen LogP contribution >= 0.6 is 0 Å². The molecule has 2 aromatic carbocycles. The van der Waals surface area contributed by atoms with Crippen LogP contribution in [0.15, 0.2) is 60.8 Å². The van der Waals surface area contributed by atoms with E-state index in [0.29, 0.717) is 12.1 Å². The molecule has 2 heterocycles. The number of nitrogens with one attached hydrogen (secondary N) is 3. The van der Waals surface area contributed by atoms with Crippen molar-refractivity contribution in [2.24, 2.45) is 0 Å². The Labute approximate surface area is 163 Å². The van der Waals surface area contributed by atoms with Gasteiger partial charge in [0, 0.05) is 42.3 Å². The average Bonchev–Trinajstić information content (AvgIpc) is 3.40. The number of amides is 3. The summed E-state index contributed by atoms with van der Waals surface area (Å²) < 4.78 is 0. The van der Waals surface area contributed by atoms with Gasteiger partial charge in [0.05, 0.1) is 0 Å². The summed E-state index contributed by atoms with van der Waals surface area (Å²) >= 11 is 0. The number of anilines is 1. The Morgan fingerprint density at radius 3 is 2.61 bits per heavy atom. The Morgan fingerprint density at radius 1 is 1.04 bits per heavy atom. The molecule has 4 rings (SSSR count). The second-order valence-electron chi connectivity index (χ2n) is 7.15. The van der Waals surface area contributed by atoms with Crippen LogP contribution in [0, 0.1) is 0 Å². The number of fused-ring (bicyclic) bond motifs is 1. The second kappa shape index (κ2) is 8.17. The number of carbonyl (C=O) groups excluding carboxylic acids is 2. The van der Waals surface area contributed by atoms with Gasteiger partial charge >= 0.3 is 6.03 Å². The zero-order valence-electron chi connectivity index (χ0n) is 15.7. The maximum Gasteiger partial charge on any atom is 0.318 e. The first-order valence-corrected chi connectivity index (χ1v) is 9.66. The van der Waals surface area contributed by atoms with Crippen LogP contribution in [0.25, 0.3) is 10.9 Å². The lowest BCUT2D eigenvalue weighted by Gasteiger charge is -2.23. The third-order valence-electron chi connectivity index (χ3n) is 5.11. The van der Waals surface area contributed by atoms with E-state index in [-0.39, 0.29) is 11.9 Å². The van der Waals surface area contributed by atoms with Gasteiger partial charge in [-0.2, -0.15) is 0 Å². The van der Waals surface area contributed by atoms with Crippen molar-refractivity contribution in [1.29, 1.82) is 0 Å². The number of nitrogens with zero attached hydrogens (tertiary/aromatic N) is 1. The minimum Gasteiger partial charge on any atom is -0.361 e. The first-order valence-electron chi connectivity index (χ1n) is 9.66. The second-order valence-corrected chi connectivity index (χ2v) is 7.15. The maximum atomic E-state index is 13.0. The van der Waals surface area contributed by atoms with Gasteiger partial charge in [-0.05, 0) is 42.7 Å². The van der Waals surface area contributed by atoms with E-state index in [1.54, 1.807) is 4.90 Å². The van der Waals surface area contributed by atoms with Crippen LogP contribution in [0.5, 0.6) is 0 Å². The normalized spacial score (nSPS) is 14.8. The minimum absolute atomic E-state index is 0.172. The van der Waals surface area contributed by atoms with Crippen LogP contribution in [-0.2, 0) is 11.2 Å². The predicted octanol–water partition coefficient (Wildman–Crippen LogP) is 3.52. The van der Waals surface area contributed by atoms with Gasteiger partial charge in [-0.1, -0.05) is 30.3 Å². The summed E-state index contributed by atoms with van der Waals surface area (Å²) in [5.74, 6) is -0.216. The summed E-state index contributed by atoms with van der Waals surface area (Å²) in [4.78, 5) is 30.5. The number of carbonyl (C=O) groups is 2. The van der Waals surface area contributed by atoms with Crippen LogP contribution < -0.4 is 10.6 Å². The predicted molar refractivity (Wildman–Crippen MR) is 110 cm³/mol. The summed E-state index contributed by atoms with van der Waals surface area (Å²) in [6, 6.07) is 16.6. The van der Waals surface area contributed by atoms with E-state index in [2.05, 4.69) is 15.6 Å². The van der Waals surface area contributed by atoms with Crippen molar-refractivity contribution in [2.45, 2.75) is 25.3 Å². The summed E-state index contributed by atoms with van der Waals surface area (Å²) in [7, 11) is 0. The molecule has 1 fully saturated rings. The summed E-state index contributed by atoms with van der Waals surface area (Å²) in [6.45, 7) is 1.49. The highest BCUT2D eigenvalue weighted by Gasteiger charge is 2.25. The molecule has 0 bridgehead atoms. The first-order chi connectivity index (χ1) is 13.7. The highest BCUT2D eigenvalue weighted by Crippen LogP contribution is 2.18. The van der Waals surface area contributed by atoms with E-state index in [1.807, 2.05) is 60.8 Å². The van der Waals surface area contributed by atoms with Crippen molar-refractivity contribution in [3.63, 3.8) is 0 Å². The lowest BCUT2D eigenvalue weighted by Crippen LogP contribution is -2.49. The molecule has 6 heteroatoms. The van der Waals surface area contributed by atoms with Crippen LogP contribution in [0.3, 0.4) is 0 Å². The van der Waals surface area contributed by atoms with E-state index < -0.39 is 6.04 Å². The molecule has 3 N–H and O–H groups in total. The van der Waals surface area contributed by atoms with E-state index in [9.17, 15) is 9.59 Å². The van der Waals surface area contributed by atoms with E-state index >= 15 is 0 Å². The number of benzene rings is 2. The summed E-state index contributed by atoms with van der Waals surface area (Å²) in [6.07, 6.45) is 4.34. The summed E-state index contributed by atoms with van der Waals surface area (Å²) in [5.41, 5.74) is 2.73. The average molecular weight is 376 g/mol. The van der Waals surface area contributed by atoms with Gasteiger partial charge in [-0.3, -0.25) is 4.79 Å². The molecule has 1 unspecified atom stereocenters. The number of hydrogen-bond donors (Lipinski definition) is 3. The van der Waals surface area contributed by atoms with Gasteiger partial charge in [0.1, 0.15) is 6.04 Å². The van der Waals surface area contributed by atoms with Crippen LogP contribution in [-0.4, -0.2) is 41.0 Å². The molecule has 28 heavy (non-hydrogen) atoms. The molecular weight excluding hydrogens is 352 g/mol. The molecule has 0 saturated carbocycles. The first kappa shape index (κ1) is 18.1. The minimum atomic E-state index is -0.641. The van der Waals surface area contributed by atoms with Gasteiger partial charge in [-0.15, -0.1) is 0 Å². The standard InChI is InChI=1S/C22H24N4O2/c27-21(24-18-8-9-19-17(15-18)10-11-23-19)20(14-16-6-2-1-3-7-16)25-22(28)26-12-4-5-13-26/h1-3,6-11,15,20,23H,4-5,12-14H2,(H,24,27)(H,25,28). The van der Waals surface area contributed by atoms with Crippen LogP contribution in [0.4, 0.5) is 10.5 Å². The van der Waals surface area contributed by atoms with E-state index in [0.717, 1.165) is 42.4 Å². The van der Waals surface area contributed by atoms with Crippen molar-refractivity contribution < 1.29 is 9.59 Å². The zero-order chi connectivity index (χ0) is 19.3. The Balaban J connectivity index is 1.50. The Kier molecular flexibility index (Phi) is 5.28. The summed E-state index contributed by atoms with van der Waals surface area (Å²) in [5, 5.41) is 6.91. The van der Waals surface area contributed by atoms with Crippen LogP contribution in [0.2, 0.25) is 0 Å². The fourth-order valence-corrected chi connectivity index (χ4v) is 3.58. The van der Waals surface area contributed by atoms with Gasteiger partial charge in [0.2, 0.25) is 5.91 Å².